The summed E-state index contributed by atoms with van der Waals surface area (Å²) in [6.45, 7) is 0. The third-order valence-electron chi connectivity index (χ3n) is 3.69. The molecule has 2 aromatic rings. The van der Waals surface area contributed by atoms with Crippen LogP contribution in [0.3, 0.4) is 0 Å². The topological polar surface area (TPSA) is 142 Å². The highest BCUT2D eigenvalue weighted by molar-refractivity contribution is 6.42. The number of nitro groups is 1. The van der Waals surface area contributed by atoms with Crippen molar-refractivity contribution in [2.75, 3.05) is 10.3 Å². The second-order valence-corrected chi connectivity index (χ2v) is 5.55. The van der Waals surface area contributed by atoms with Crippen LogP contribution in [-0.2, 0) is 9.59 Å². The van der Waals surface area contributed by atoms with E-state index in [9.17, 15) is 24.5 Å². The van der Waals surface area contributed by atoms with E-state index in [1.807, 2.05) is 0 Å². The molecule has 3 rings (SSSR count). The Morgan fingerprint density at radius 1 is 1.19 bits per heavy atom. The summed E-state index contributed by atoms with van der Waals surface area (Å²) < 4.78 is 0. The summed E-state index contributed by atoms with van der Waals surface area (Å²) in [6.07, 6.45) is -0.320. The molecule has 0 saturated heterocycles. The lowest BCUT2D eigenvalue weighted by molar-refractivity contribution is -0.384. The summed E-state index contributed by atoms with van der Waals surface area (Å²) in [5.74, 6) is -2.35. The number of carboxylic acid groups (broad SMARTS) is 1. The van der Waals surface area contributed by atoms with Gasteiger partial charge < -0.3 is 10.4 Å². The van der Waals surface area contributed by atoms with Gasteiger partial charge in [0.25, 0.3) is 17.5 Å². The number of hydrazone groups is 1. The van der Waals surface area contributed by atoms with Gasteiger partial charge in [-0.1, -0.05) is 12.1 Å². The van der Waals surface area contributed by atoms with Crippen LogP contribution in [0.1, 0.15) is 16.8 Å². The van der Waals surface area contributed by atoms with Crippen LogP contribution in [0, 0.1) is 10.1 Å². The zero-order valence-corrected chi connectivity index (χ0v) is 13.7. The predicted molar refractivity (Wildman–Crippen MR) is 94.7 cm³/mol. The molecule has 0 atom stereocenters. The molecule has 0 spiro atoms. The van der Waals surface area contributed by atoms with Gasteiger partial charge in [-0.15, -0.1) is 0 Å². The van der Waals surface area contributed by atoms with E-state index in [-0.39, 0.29) is 29.1 Å². The van der Waals surface area contributed by atoms with Crippen molar-refractivity contribution in [2.45, 2.75) is 6.42 Å². The number of anilines is 2. The lowest BCUT2D eigenvalue weighted by Gasteiger charge is -2.13. The number of nitro benzene ring substituents is 1. The fraction of sp³-hybridized carbons (Fsp3) is 0.0588. The Morgan fingerprint density at radius 2 is 1.93 bits per heavy atom. The minimum Gasteiger partial charge on any atom is -0.477 e. The summed E-state index contributed by atoms with van der Waals surface area (Å²) in [6, 6.07) is 11.3. The molecule has 0 aliphatic carbocycles. The first-order valence-electron chi connectivity index (χ1n) is 7.65. The van der Waals surface area contributed by atoms with E-state index in [0.29, 0.717) is 5.69 Å². The number of non-ortho nitro benzene ring substituents is 1. The van der Waals surface area contributed by atoms with Gasteiger partial charge >= 0.3 is 5.97 Å². The summed E-state index contributed by atoms with van der Waals surface area (Å²) in [4.78, 5) is 45.4. The van der Waals surface area contributed by atoms with Gasteiger partial charge in [-0.2, -0.15) is 10.1 Å². The average Bonchev–Trinajstić information content (AvgIpc) is 3.04. The van der Waals surface area contributed by atoms with E-state index in [0.717, 1.165) is 11.1 Å². The van der Waals surface area contributed by atoms with Crippen molar-refractivity contribution in [3.8, 4) is 0 Å². The van der Waals surface area contributed by atoms with Gasteiger partial charge in [0.2, 0.25) is 0 Å². The molecule has 0 saturated carbocycles. The van der Waals surface area contributed by atoms with Crippen molar-refractivity contribution in [1.82, 2.24) is 0 Å². The Kier molecular flexibility index (Phi) is 4.62. The molecule has 0 bridgehead atoms. The first-order chi connectivity index (χ1) is 12.8. The number of rotatable bonds is 5. The van der Waals surface area contributed by atoms with Gasteiger partial charge in [0.05, 0.1) is 17.0 Å². The SMILES string of the molecule is O=C(O)C1=NN(c2cccc(NC(=O)c3cccc([N+](=O)[O-])c3)c2)C(=O)C1. The van der Waals surface area contributed by atoms with Crippen molar-refractivity contribution in [3.05, 3.63) is 64.2 Å². The summed E-state index contributed by atoms with van der Waals surface area (Å²) >= 11 is 0. The standard InChI is InChI=1S/C17H12N4O6/c22-15-9-14(17(24)25)19-20(15)12-5-2-4-11(8-12)18-16(23)10-3-1-6-13(7-10)21(26)27/h1-8H,9H2,(H,18,23)(H,24,25). The van der Waals surface area contributed by atoms with Crippen LogP contribution in [0.4, 0.5) is 17.1 Å². The Balaban J connectivity index is 1.81. The fourth-order valence-electron chi connectivity index (χ4n) is 2.43. The summed E-state index contributed by atoms with van der Waals surface area (Å²) in [7, 11) is 0. The van der Waals surface area contributed by atoms with E-state index in [1.54, 1.807) is 12.1 Å². The maximum atomic E-state index is 12.3. The number of nitrogens with zero attached hydrogens (tertiary/aromatic N) is 3. The quantitative estimate of drug-likeness (QED) is 0.611. The number of carbonyl (C=O) groups excluding carboxylic acids is 2. The number of amides is 2. The largest absolute Gasteiger partial charge is 0.477 e. The molecule has 136 valence electrons. The molecule has 0 fully saturated rings. The maximum Gasteiger partial charge on any atom is 0.352 e. The number of hydrogen-bond acceptors (Lipinski definition) is 6. The Hall–Kier alpha value is -4.08. The molecular formula is C17H12N4O6. The van der Waals surface area contributed by atoms with Crippen molar-refractivity contribution in [3.63, 3.8) is 0 Å². The van der Waals surface area contributed by atoms with Crippen LogP contribution in [0.25, 0.3) is 0 Å². The van der Waals surface area contributed by atoms with Crippen LogP contribution in [0.15, 0.2) is 53.6 Å². The molecule has 1 heterocycles. The molecule has 1 aliphatic heterocycles. The number of hydrogen-bond donors (Lipinski definition) is 2. The zero-order chi connectivity index (χ0) is 19.6. The van der Waals surface area contributed by atoms with Gasteiger partial charge in [-0.3, -0.25) is 19.7 Å². The van der Waals surface area contributed by atoms with Crippen molar-refractivity contribution < 1.29 is 24.4 Å². The molecule has 27 heavy (non-hydrogen) atoms. The summed E-state index contributed by atoms with van der Waals surface area (Å²) in [5.41, 5.74) is 0.211. The van der Waals surface area contributed by atoms with Crippen LogP contribution < -0.4 is 10.3 Å². The lowest BCUT2D eigenvalue weighted by atomic mass is 10.2. The first kappa shape index (κ1) is 17.7. The van der Waals surface area contributed by atoms with Gasteiger partial charge in [0, 0.05) is 23.4 Å². The molecule has 10 nitrogen and oxygen atoms in total. The van der Waals surface area contributed by atoms with Crippen molar-refractivity contribution >= 4 is 40.6 Å². The summed E-state index contributed by atoms with van der Waals surface area (Å²) in [5, 5.41) is 27.0. The number of aliphatic carboxylic acids is 1. The van der Waals surface area contributed by atoms with Gasteiger partial charge in [0.15, 0.2) is 5.71 Å². The number of nitrogens with one attached hydrogen (secondary N) is 1. The van der Waals surface area contributed by atoms with Crippen molar-refractivity contribution in [2.24, 2.45) is 5.10 Å². The smallest absolute Gasteiger partial charge is 0.352 e. The minimum absolute atomic E-state index is 0.0954. The van der Waals surface area contributed by atoms with Gasteiger partial charge in [-0.05, 0) is 24.3 Å². The number of benzene rings is 2. The van der Waals surface area contributed by atoms with Gasteiger partial charge in [0.1, 0.15) is 0 Å². The molecule has 0 unspecified atom stereocenters. The molecular weight excluding hydrogens is 356 g/mol. The third-order valence-corrected chi connectivity index (χ3v) is 3.69. The van der Waals surface area contributed by atoms with Crippen LogP contribution in [0.5, 0.6) is 0 Å². The molecule has 10 heteroatoms. The molecule has 2 amide bonds. The zero-order valence-electron chi connectivity index (χ0n) is 13.7. The minimum atomic E-state index is -1.28. The average molecular weight is 368 g/mol. The van der Waals surface area contributed by atoms with E-state index in [1.165, 1.54) is 30.3 Å². The highest BCUT2D eigenvalue weighted by atomic mass is 16.6. The van der Waals surface area contributed by atoms with E-state index < -0.39 is 22.7 Å². The van der Waals surface area contributed by atoms with Crippen LogP contribution >= 0.6 is 0 Å². The fourth-order valence-corrected chi connectivity index (χ4v) is 2.43. The van der Waals surface area contributed by atoms with Crippen LogP contribution in [0.2, 0.25) is 0 Å². The van der Waals surface area contributed by atoms with E-state index in [2.05, 4.69) is 10.4 Å². The van der Waals surface area contributed by atoms with E-state index >= 15 is 0 Å². The first-order valence-corrected chi connectivity index (χ1v) is 7.65. The Morgan fingerprint density at radius 3 is 2.59 bits per heavy atom. The highest BCUT2D eigenvalue weighted by Gasteiger charge is 2.29. The molecule has 1 aliphatic rings. The maximum absolute atomic E-state index is 12.3. The van der Waals surface area contributed by atoms with Gasteiger partial charge in [-0.25, -0.2) is 4.79 Å². The van der Waals surface area contributed by atoms with Crippen LogP contribution in [-0.4, -0.2) is 33.5 Å². The number of carboxylic acids is 1. The second-order valence-electron chi connectivity index (χ2n) is 5.55. The highest BCUT2D eigenvalue weighted by Crippen LogP contribution is 2.24. The normalized spacial score (nSPS) is 13.3. The predicted octanol–water partition coefficient (Wildman–Crippen LogP) is 2.02. The lowest BCUT2D eigenvalue weighted by Crippen LogP contribution is -2.20. The second kappa shape index (κ2) is 7.04. The van der Waals surface area contributed by atoms with Crippen molar-refractivity contribution in [1.29, 1.82) is 0 Å². The Labute approximate surface area is 151 Å². The van der Waals surface area contributed by atoms with E-state index in [4.69, 9.17) is 5.11 Å². The number of carbonyl (C=O) groups is 3. The third kappa shape index (κ3) is 3.79. The molecule has 2 N–H and O–H groups in total. The monoisotopic (exact) mass is 368 g/mol. The Bertz CT molecular complexity index is 1000. The molecule has 0 radical (unpaired) electrons. The molecule has 2 aromatic carbocycles. The molecule has 0 aromatic heterocycles.